The summed E-state index contributed by atoms with van der Waals surface area (Å²) in [4.78, 5) is 19.5. The Labute approximate surface area is 127 Å². The maximum absolute atomic E-state index is 12.7. The van der Waals surface area contributed by atoms with Gasteiger partial charge >= 0.3 is 0 Å². The number of furan rings is 1. The third-order valence-electron chi connectivity index (χ3n) is 3.75. The first kappa shape index (κ1) is 14.3. The lowest BCUT2D eigenvalue weighted by atomic mass is 10.1. The molecule has 1 aliphatic rings. The van der Waals surface area contributed by atoms with E-state index in [9.17, 15) is 4.79 Å². The number of likely N-dealkylation sites (tertiary alicyclic amines) is 1. The predicted molar refractivity (Wildman–Crippen MR) is 79.3 cm³/mol. The second-order valence-electron chi connectivity index (χ2n) is 5.16. The molecule has 5 nitrogen and oxygen atoms in total. The lowest BCUT2D eigenvalue weighted by Crippen LogP contribution is -2.30. The zero-order valence-electron chi connectivity index (χ0n) is 12.2. The van der Waals surface area contributed by atoms with Gasteiger partial charge in [0, 0.05) is 13.7 Å². The van der Waals surface area contributed by atoms with Crippen LogP contribution in [-0.4, -0.2) is 29.4 Å². The summed E-state index contributed by atoms with van der Waals surface area (Å²) in [5, 5.41) is 0. The average Bonchev–Trinajstić information content (AvgIpc) is 3.17. The first-order valence-corrected chi connectivity index (χ1v) is 7.87. The molecule has 1 atom stereocenters. The van der Waals surface area contributed by atoms with Gasteiger partial charge in [-0.2, -0.15) is 0 Å². The van der Waals surface area contributed by atoms with E-state index in [1.165, 1.54) is 11.3 Å². The summed E-state index contributed by atoms with van der Waals surface area (Å²) in [6.45, 7) is 3.09. The minimum Gasteiger partial charge on any atom is -0.461 e. The van der Waals surface area contributed by atoms with E-state index >= 15 is 0 Å². The van der Waals surface area contributed by atoms with Gasteiger partial charge < -0.3 is 14.1 Å². The zero-order valence-corrected chi connectivity index (χ0v) is 13.0. The molecular formula is C15H18N2O3S. The minimum atomic E-state index is 0.0182. The van der Waals surface area contributed by atoms with Crippen molar-refractivity contribution in [2.75, 3.05) is 13.7 Å². The quantitative estimate of drug-likeness (QED) is 0.870. The van der Waals surface area contributed by atoms with Crippen molar-refractivity contribution < 1.29 is 13.9 Å². The van der Waals surface area contributed by atoms with E-state index in [-0.39, 0.29) is 11.9 Å². The number of rotatable bonds is 4. The number of carbonyl (C=O) groups is 1. The zero-order chi connectivity index (χ0) is 14.8. The predicted octanol–water partition coefficient (Wildman–Crippen LogP) is 3.17. The Bertz CT molecular complexity index is 634. The van der Waals surface area contributed by atoms with E-state index < -0.39 is 0 Å². The van der Waals surface area contributed by atoms with Crippen molar-refractivity contribution in [3.05, 3.63) is 39.7 Å². The summed E-state index contributed by atoms with van der Waals surface area (Å²) in [6.07, 6.45) is 1.93. The number of thiazole rings is 1. The van der Waals surface area contributed by atoms with Crippen molar-refractivity contribution in [2.45, 2.75) is 32.4 Å². The Morgan fingerprint density at radius 1 is 1.57 bits per heavy atom. The van der Waals surface area contributed by atoms with Crippen LogP contribution in [-0.2, 0) is 11.3 Å². The fourth-order valence-corrected chi connectivity index (χ4v) is 3.49. The molecule has 0 spiro atoms. The van der Waals surface area contributed by atoms with Gasteiger partial charge in [-0.15, -0.1) is 11.3 Å². The number of aryl methyl sites for hydroxylation is 1. The molecule has 1 saturated heterocycles. The van der Waals surface area contributed by atoms with Crippen LogP contribution in [0.2, 0.25) is 0 Å². The lowest BCUT2D eigenvalue weighted by Gasteiger charge is -2.22. The first-order valence-electron chi connectivity index (χ1n) is 6.99. The van der Waals surface area contributed by atoms with Crippen molar-refractivity contribution in [1.82, 2.24) is 9.88 Å². The highest BCUT2D eigenvalue weighted by Gasteiger charge is 2.33. The molecule has 21 heavy (non-hydrogen) atoms. The van der Waals surface area contributed by atoms with Crippen LogP contribution < -0.4 is 0 Å². The van der Waals surface area contributed by atoms with Gasteiger partial charge in [0.2, 0.25) is 0 Å². The van der Waals surface area contributed by atoms with Gasteiger partial charge in [0.15, 0.2) is 0 Å². The molecule has 3 heterocycles. The van der Waals surface area contributed by atoms with E-state index in [2.05, 4.69) is 4.98 Å². The van der Waals surface area contributed by atoms with E-state index in [1.54, 1.807) is 12.6 Å². The molecule has 0 N–H and O–H groups in total. The summed E-state index contributed by atoms with van der Waals surface area (Å²) in [7, 11) is 1.64. The van der Waals surface area contributed by atoms with Crippen LogP contribution in [0.3, 0.4) is 0 Å². The summed E-state index contributed by atoms with van der Waals surface area (Å²) in [5.41, 5.74) is 2.52. The van der Waals surface area contributed by atoms with Gasteiger partial charge in [-0.1, -0.05) is 0 Å². The topological polar surface area (TPSA) is 55.6 Å². The van der Waals surface area contributed by atoms with Crippen molar-refractivity contribution in [2.24, 2.45) is 0 Å². The Balaban J connectivity index is 1.81. The van der Waals surface area contributed by atoms with Crippen LogP contribution >= 0.6 is 11.3 Å². The Hall–Kier alpha value is -1.66. The lowest BCUT2D eigenvalue weighted by molar-refractivity contribution is 0.0720. The molecule has 6 heteroatoms. The van der Waals surface area contributed by atoms with Crippen molar-refractivity contribution in [3.8, 4) is 0 Å². The standard InChI is InChI=1S/C15H18N2O3S/c1-10-14(21-9-16-10)15(18)17-7-3-4-12(17)13-6-5-11(20-13)8-19-2/h5-6,9,12H,3-4,7-8H2,1-2H3. The van der Waals surface area contributed by atoms with Gasteiger partial charge in [-0.05, 0) is 31.9 Å². The molecule has 0 radical (unpaired) electrons. The van der Waals surface area contributed by atoms with Crippen molar-refractivity contribution >= 4 is 17.2 Å². The summed E-state index contributed by atoms with van der Waals surface area (Å²) in [6, 6.07) is 3.88. The van der Waals surface area contributed by atoms with E-state index in [0.717, 1.165) is 41.5 Å². The van der Waals surface area contributed by atoms with Gasteiger partial charge in [0.1, 0.15) is 23.0 Å². The van der Waals surface area contributed by atoms with E-state index in [4.69, 9.17) is 9.15 Å². The van der Waals surface area contributed by atoms with Crippen LogP contribution in [0.4, 0.5) is 0 Å². The largest absolute Gasteiger partial charge is 0.461 e. The third kappa shape index (κ3) is 2.73. The smallest absolute Gasteiger partial charge is 0.266 e. The van der Waals surface area contributed by atoms with Crippen LogP contribution in [0.25, 0.3) is 0 Å². The molecule has 3 rings (SSSR count). The normalized spacial score (nSPS) is 18.4. The summed E-state index contributed by atoms with van der Waals surface area (Å²) < 4.78 is 10.9. The monoisotopic (exact) mass is 306 g/mol. The molecule has 112 valence electrons. The molecule has 0 aliphatic carbocycles. The highest BCUT2D eigenvalue weighted by atomic mass is 32.1. The third-order valence-corrected chi connectivity index (χ3v) is 4.67. The molecule has 0 aromatic carbocycles. The number of nitrogens with zero attached hydrogens (tertiary/aromatic N) is 2. The number of ether oxygens (including phenoxy) is 1. The van der Waals surface area contributed by atoms with Crippen LogP contribution in [0, 0.1) is 6.92 Å². The molecule has 0 bridgehead atoms. The highest BCUT2D eigenvalue weighted by Crippen LogP contribution is 2.35. The van der Waals surface area contributed by atoms with Gasteiger partial charge in [-0.3, -0.25) is 4.79 Å². The molecule has 1 fully saturated rings. The second-order valence-corrected chi connectivity index (χ2v) is 6.02. The number of carbonyl (C=O) groups excluding carboxylic acids is 1. The Morgan fingerprint density at radius 2 is 2.43 bits per heavy atom. The first-order chi connectivity index (χ1) is 10.2. The SMILES string of the molecule is COCc1ccc(C2CCCN2C(=O)c2scnc2C)o1. The van der Waals surface area contributed by atoms with E-state index in [0.29, 0.717) is 6.61 Å². The number of hydrogen-bond donors (Lipinski definition) is 0. The van der Waals surface area contributed by atoms with Crippen LogP contribution in [0.5, 0.6) is 0 Å². The molecular weight excluding hydrogens is 288 g/mol. The maximum atomic E-state index is 12.7. The van der Waals surface area contributed by atoms with Crippen LogP contribution in [0.1, 0.15) is 45.8 Å². The summed E-state index contributed by atoms with van der Waals surface area (Å²) >= 11 is 1.40. The molecule has 1 unspecified atom stereocenters. The highest BCUT2D eigenvalue weighted by molar-refractivity contribution is 7.11. The number of aromatic nitrogens is 1. The van der Waals surface area contributed by atoms with Crippen molar-refractivity contribution in [1.29, 1.82) is 0 Å². The molecule has 1 amide bonds. The summed E-state index contributed by atoms with van der Waals surface area (Å²) in [5.74, 6) is 1.69. The average molecular weight is 306 g/mol. The Kier molecular flexibility index (Phi) is 4.07. The van der Waals surface area contributed by atoms with Gasteiger partial charge in [0.05, 0.1) is 17.2 Å². The number of hydrogen-bond acceptors (Lipinski definition) is 5. The molecule has 2 aromatic rings. The Morgan fingerprint density at radius 3 is 3.14 bits per heavy atom. The fraction of sp³-hybridized carbons (Fsp3) is 0.467. The van der Waals surface area contributed by atoms with Crippen LogP contribution in [0.15, 0.2) is 22.1 Å². The van der Waals surface area contributed by atoms with Gasteiger partial charge in [-0.25, -0.2) is 4.98 Å². The van der Waals surface area contributed by atoms with Crippen molar-refractivity contribution in [3.63, 3.8) is 0 Å². The second kappa shape index (κ2) is 5.99. The fourth-order valence-electron chi connectivity index (χ4n) is 2.74. The minimum absolute atomic E-state index is 0.0182. The molecule has 0 saturated carbocycles. The molecule has 1 aliphatic heterocycles. The molecule has 2 aromatic heterocycles. The number of amides is 1. The van der Waals surface area contributed by atoms with E-state index in [1.807, 2.05) is 24.0 Å². The maximum Gasteiger partial charge on any atom is 0.266 e. The van der Waals surface area contributed by atoms with Gasteiger partial charge in [0.25, 0.3) is 5.91 Å². The number of methoxy groups -OCH3 is 1.